The van der Waals surface area contributed by atoms with E-state index in [-0.39, 0.29) is 18.0 Å². The maximum absolute atomic E-state index is 12.4. The topological polar surface area (TPSA) is 92.4 Å². The zero-order chi connectivity index (χ0) is 15.3. The van der Waals surface area contributed by atoms with Crippen LogP contribution in [-0.2, 0) is 4.79 Å². The molecule has 1 rings (SSSR count). The lowest BCUT2D eigenvalue weighted by Gasteiger charge is -2.28. The van der Waals surface area contributed by atoms with Crippen molar-refractivity contribution in [3.05, 3.63) is 29.3 Å². The molecule has 0 fully saturated rings. The zero-order valence-electron chi connectivity index (χ0n) is 12.2. The Labute approximate surface area is 119 Å². The standard InChI is InChI=1S/C15H22N2O3/c1-4-15(5-2,9-16)14(20)17-11-6-7-12(13(18)19)10(3)8-11/h6-8H,4-5,9,16H2,1-3H3,(H,17,20)(H,18,19). The quantitative estimate of drug-likeness (QED) is 0.745. The fourth-order valence-corrected chi connectivity index (χ4v) is 2.20. The highest BCUT2D eigenvalue weighted by molar-refractivity contribution is 5.96. The van der Waals surface area contributed by atoms with Crippen LogP contribution in [0, 0.1) is 12.3 Å². The molecule has 0 bridgehead atoms. The number of aromatic carboxylic acids is 1. The Morgan fingerprint density at radius 1 is 1.30 bits per heavy atom. The molecule has 0 saturated heterocycles. The maximum atomic E-state index is 12.4. The molecule has 1 amide bonds. The van der Waals surface area contributed by atoms with E-state index in [4.69, 9.17) is 10.8 Å². The van der Waals surface area contributed by atoms with Gasteiger partial charge in [0.1, 0.15) is 0 Å². The van der Waals surface area contributed by atoms with Gasteiger partial charge in [0.15, 0.2) is 0 Å². The third kappa shape index (κ3) is 3.17. The number of nitrogens with one attached hydrogen (secondary N) is 1. The van der Waals surface area contributed by atoms with Gasteiger partial charge >= 0.3 is 5.97 Å². The van der Waals surface area contributed by atoms with Crippen LogP contribution in [0.25, 0.3) is 0 Å². The van der Waals surface area contributed by atoms with Crippen molar-refractivity contribution in [3.63, 3.8) is 0 Å². The Balaban J connectivity index is 2.96. The Hall–Kier alpha value is -1.88. The highest BCUT2D eigenvalue weighted by Crippen LogP contribution is 2.27. The van der Waals surface area contributed by atoms with Gasteiger partial charge in [0, 0.05) is 12.2 Å². The molecule has 4 N–H and O–H groups in total. The van der Waals surface area contributed by atoms with E-state index in [9.17, 15) is 9.59 Å². The van der Waals surface area contributed by atoms with Gasteiger partial charge in [-0.05, 0) is 43.5 Å². The fourth-order valence-electron chi connectivity index (χ4n) is 2.20. The third-order valence-electron chi connectivity index (χ3n) is 3.94. The normalized spacial score (nSPS) is 11.2. The average molecular weight is 278 g/mol. The number of aryl methyl sites for hydroxylation is 1. The van der Waals surface area contributed by atoms with Gasteiger partial charge in [-0.15, -0.1) is 0 Å². The molecular formula is C15H22N2O3. The summed E-state index contributed by atoms with van der Waals surface area (Å²) in [4.78, 5) is 23.3. The van der Waals surface area contributed by atoms with Gasteiger partial charge < -0.3 is 16.2 Å². The fraction of sp³-hybridized carbons (Fsp3) is 0.467. The molecule has 0 aliphatic carbocycles. The first-order valence-electron chi connectivity index (χ1n) is 6.75. The summed E-state index contributed by atoms with van der Waals surface area (Å²) in [7, 11) is 0. The van der Waals surface area contributed by atoms with Crippen molar-refractivity contribution in [3.8, 4) is 0 Å². The smallest absolute Gasteiger partial charge is 0.335 e. The minimum atomic E-state index is -0.973. The van der Waals surface area contributed by atoms with Gasteiger partial charge in [-0.1, -0.05) is 13.8 Å². The van der Waals surface area contributed by atoms with E-state index in [1.54, 1.807) is 19.1 Å². The van der Waals surface area contributed by atoms with E-state index in [2.05, 4.69) is 5.32 Å². The van der Waals surface area contributed by atoms with Crippen molar-refractivity contribution in [1.82, 2.24) is 0 Å². The maximum Gasteiger partial charge on any atom is 0.335 e. The predicted molar refractivity (Wildman–Crippen MR) is 78.8 cm³/mol. The predicted octanol–water partition coefficient (Wildman–Crippen LogP) is 2.40. The summed E-state index contributed by atoms with van der Waals surface area (Å²) in [6.07, 6.45) is 1.33. The molecule has 0 saturated carbocycles. The van der Waals surface area contributed by atoms with E-state index in [0.29, 0.717) is 24.1 Å². The molecule has 0 atom stereocenters. The monoisotopic (exact) mass is 278 g/mol. The second-order valence-electron chi connectivity index (χ2n) is 4.98. The molecule has 0 aliphatic heterocycles. The van der Waals surface area contributed by atoms with Crippen LogP contribution in [0.4, 0.5) is 5.69 Å². The summed E-state index contributed by atoms with van der Waals surface area (Å²) >= 11 is 0. The van der Waals surface area contributed by atoms with Crippen molar-refractivity contribution in [2.24, 2.45) is 11.1 Å². The van der Waals surface area contributed by atoms with E-state index in [1.165, 1.54) is 6.07 Å². The molecule has 1 aromatic rings. The largest absolute Gasteiger partial charge is 0.478 e. The lowest BCUT2D eigenvalue weighted by atomic mass is 9.81. The van der Waals surface area contributed by atoms with E-state index in [1.807, 2.05) is 13.8 Å². The Morgan fingerprint density at radius 3 is 2.30 bits per heavy atom. The van der Waals surface area contributed by atoms with Crippen LogP contribution in [0.15, 0.2) is 18.2 Å². The van der Waals surface area contributed by atoms with Gasteiger partial charge in [-0.25, -0.2) is 4.79 Å². The highest BCUT2D eigenvalue weighted by Gasteiger charge is 2.33. The number of carboxylic acids is 1. The molecule has 110 valence electrons. The van der Waals surface area contributed by atoms with Crippen LogP contribution in [0.3, 0.4) is 0 Å². The Bertz CT molecular complexity index is 500. The molecule has 0 aromatic heterocycles. The zero-order valence-corrected chi connectivity index (χ0v) is 12.2. The number of carbonyl (C=O) groups is 2. The van der Waals surface area contributed by atoms with Gasteiger partial charge in [0.05, 0.1) is 11.0 Å². The van der Waals surface area contributed by atoms with Gasteiger partial charge in [-0.3, -0.25) is 4.79 Å². The first kappa shape index (κ1) is 16.2. The lowest BCUT2D eigenvalue weighted by Crippen LogP contribution is -2.41. The highest BCUT2D eigenvalue weighted by atomic mass is 16.4. The summed E-state index contributed by atoms with van der Waals surface area (Å²) in [5, 5.41) is 11.8. The van der Waals surface area contributed by atoms with Crippen molar-refractivity contribution >= 4 is 17.6 Å². The second kappa shape index (κ2) is 6.52. The van der Waals surface area contributed by atoms with Crippen molar-refractivity contribution in [1.29, 1.82) is 0 Å². The summed E-state index contributed by atoms with van der Waals surface area (Å²) in [6.45, 7) is 5.87. The van der Waals surface area contributed by atoms with Gasteiger partial charge in [0.25, 0.3) is 0 Å². The number of anilines is 1. The summed E-state index contributed by atoms with van der Waals surface area (Å²) < 4.78 is 0. The first-order chi connectivity index (χ1) is 9.40. The van der Waals surface area contributed by atoms with Crippen molar-refractivity contribution in [2.45, 2.75) is 33.6 Å². The first-order valence-corrected chi connectivity index (χ1v) is 6.75. The van der Waals surface area contributed by atoms with Crippen LogP contribution in [-0.4, -0.2) is 23.5 Å². The molecule has 0 spiro atoms. The number of rotatable bonds is 6. The second-order valence-corrected chi connectivity index (χ2v) is 4.98. The minimum absolute atomic E-state index is 0.118. The Kier molecular flexibility index (Phi) is 5.27. The number of benzene rings is 1. The SMILES string of the molecule is CCC(CC)(CN)C(=O)Nc1ccc(C(=O)O)c(C)c1. The number of carboxylic acid groups (broad SMARTS) is 1. The minimum Gasteiger partial charge on any atom is -0.478 e. The molecule has 0 radical (unpaired) electrons. The third-order valence-corrected chi connectivity index (χ3v) is 3.94. The van der Waals surface area contributed by atoms with Crippen LogP contribution in [0.5, 0.6) is 0 Å². The van der Waals surface area contributed by atoms with Gasteiger partial charge in [-0.2, -0.15) is 0 Å². The summed E-state index contributed by atoms with van der Waals surface area (Å²) in [5.74, 6) is -1.09. The molecule has 0 aliphatic rings. The molecule has 5 heteroatoms. The van der Waals surface area contributed by atoms with Crippen LogP contribution < -0.4 is 11.1 Å². The molecule has 20 heavy (non-hydrogen) atoms. The number of amides is 1. The van der Waals surface area contributed by atoms with E-state index >= 15 is 0 Å². The number of carbonyl (C=O) groups excluding carboxylic acids is 1. The lowest BCUT2D eigenvalue weighted by molar-refractivity contribution is -0.125. The molecule has 0 heterocycles. The van der Waals surface area contributed by atoms with Crippen LogP contribution in [0.2, 0.25) is 0 Å². The number of hydrogen-bond donors (Lipinski definition) is 3. The van der Waals surface area contributed by atoms with Crippen LogP contribution in [0.1, 0.15) is 42.6 Å². The molecular weight excluding hydrogens is 256 g/mol. The molecule has 5 nitrogen and oxygen atoms in total. The molecule has 0 unspecified atom stereocenters. The van der Waals surface area contributed by atoms with Crippen molar-refractivity contribution < 1.29 is 14.7 Å². The number of hydrogen-bond acceptors (Lipinski definition) is 3. The number of nitrogens with two attached hydrogens (primary N) is 1. The van der Waals surface area contributed by atoms with Gasteiger partial charge in [0.2, 0.25) is 5.91 Å². The average Bonchev–Trinajstić information content (AvgIpc) is 2.41. The van der Waals surface area contributed by atoms with E-state index in [0.717, 1.165) is 0 Å². The van der Waals surface area contributed by atoms with E-state index < -0.39 is 11.4 Å². The summed E-state index contributed by atoms with van der Waals surface area (Å²) in [6, 6.07) is 4.75. The van der Waals surface area contributed by atoms with Crippen molar-refractivity contribution in [2.75, 3.05) is 11.9 Å². The Morgan fingerprint density at radius 2 is 1.90 bits per heavy atom. The molecule has 1 aromatic carbocycles. The summed E-state index contributed by atoms with van der Waals surface area (Å²) in [5.41, 5.74) is 6.61. The van der Waals surface area contributed by atoms with Crippen LogP contribution >= 0.6 is 0 Å².